The number of halogens is 1. The minimum atomic E-state index is -0.526. The SMILES string of the molecule is CC(=O)N1CCC2C(C1)C(=Nc1ccc(-c3cnn(C)c3)cc1F)NN2C(C)(C)CO. The lowest BCUT2D eigenvalue weighted by Gasteiger charge is -2.41. The maximum absolute atomic E-state index is 14.9. The van der Waals surface area contributed by atoms with Crippen molar-refractivity contribution in [2.45, 2.75) is 38.8 Å². The molecule has 8 nitrogen and oxygen atoms in total. The van der Waals surface area contributed by atoms with Gasteiger partial charge < -0.3 is 15.4 Å². The van der Waals surface area contributed by atoms with Gasteiger partial charge in [0.05, 0.1) is 24.3 Å². The molecule has 2 aromatic rings. The molecule has 2 unspecified atom stereocenters. The molecule has 0 radical (unpaired) electrons. The first-order valence-corrected chi connectivity index (χ1v) is 10.5. The number of rotatable bonds is 4. The molecule has 1 aromatic heterocycles. The number of aliphatic hydroxyl groups excluding tert-OH is 1. The molecule has 0 aliphatic carbocycles. The number of hydrazine groups is 1. The standard InChI is InChI=1S/C22H29FN6O2/c1-14(31)28-8-7-20-17(12-28)21(26-29(20)22(2,3)13-30)25-19-6-5-15(9-18(19)23)16-10-24-27(4)11-16/h5-6,9-11,17,20,30H,7-8,12-13H2,1-4H3,(H,25,26). The Hall–Kier alpha value is -2.78. The third-order valence-corrected chi connectivity index (χ3v) is 6.21. The summed E-state index contributed by atoms with van der Waals surface area (Å²) >= 11 is 0. The van der Waals surface area contributed by atoms with Crippen LogP contribution in [0.25, 0.3) is 11.1 Å². The number of aryl methyl sites for hydroxylation is 1. The second kappa shape index (κ2) is 8.05. The smallest absolute Gasteiger partial charge is 0.219 e. The fraction of sp³-hybridized carbons (Fsp3) is 0.500. The molecule has 31 heavy (non-hydrogen) atoms. The molecule has 2 fully saturated rings. The van der Waals surface area contributed by atoms with Crippen molar-refractivity contribution in [1.29, 1.82) is 0 Å². The van der Waals surface area contributed by atoms with Crippen LogP contribution in [0.4, 0.5) is 10.1 Å². The van der Waals surface area contributed by atoms with Crippen LogP contribution >= 0.6 is 0 Å². The number of nitrogens with zero attached hydrogens (tertiary/aromatic N) is 5. The van der Waals surface area contributed by atoms with Gasteiger partial charge in [-0.15, -0.1) is 0 Å². The van der Waals surface area contributed by atoms with E-state index in [4.69, 9.17) is 0 Å². The van der Waals surface area contributed by atoms with Crippen molar-refractivity contribution in [2.75, 3.05) is 19.7 Å². The van der Waals surface area contributed by atoms with Crippen LogP contribution in [0.15, 0.2) is 35.6 Å². The lowest BCUT2D eigenvalue weighted by Crippen LogP contribution is -2.57. The van der Waals surface area contributed by atoms with Crippen molar-refractivity contribution >= 4 is 17.4 Å². The average molecular weight is 429 g/mol. The quantitative estimate of drug-likeness (QED) is 0.779. The first-order valence-electron chi connectivity index (χ1n) is 10.5. The lowest BCUT2D eigenvalue weighted by molar-refractivity contribution is -0.131. The Labute approximate surface area is 181 Å². The summed E-state index contributed by atoms with van der Waals surface area (Å²) in [6.45, 7) is 6.57. The highest BCUT2D eigenvalue weighted by atomic mass is 19.1. The van der Waals surface area contributed by atoms with E-state index in [9.17, 15) is 14.3 Å². The van der Waals surface area contributed by atoms with E-state index in [1.165, 1.54) is 6.07 Å². The largest absolute Gasteiger partial charge is 0.394 e. The van der Waals surface area contributed by atoms with Gasteiger partial charge in [0.1, 0.15) is 17.3 Å². The summed E-state index contributed by atoms with van der Waals surface area (Å²) in [7, 11) is 1.82. The third-order valence-electron chi connectivity index (χ3n) is 6.21. The van der Waals surface area contributed by atoms with Crippen LogP contribution < -0.4 is 5.43 Å². The highest BCUT2D eigenvalue weighted by Crippen LogP contribution is 2.34. The van der Waals surface area contributed by atoms with E-state index in [-0.39, 0.29) is 30.2 Å². The molecule has 3 heterocycles. The van der Waals surface area contributed by atoms with Crippen molar-refractivity contribution in [1.82, 2.24) is 25.1 Å². The van der Waals surface area contributed by atoms with Gasteiger partial charge in [-0.05, 0) is 38.0 Å². The molecular weight excluding hydrogens is 399 g/mol. The topological polar surface area (TPSA) is 86.0 Å². The van der Waals surface area contributed by atoms with E-state index in [0.29, 0.717) is 18.9 Å². The molecule has 1 amide bonds. The van der Waals surface area contributed by atoms with Crippen LogP contribution in [-0.2, 0) is 11.8 Å². The Morgan fingerprint density at radius 1 is 1.39 bits per heavy atom. The summed E-state index contributed by atoms with van der Waals surface area (Å²) in [5.41, 5.74) is 4.59. The van der Waals surface area contributed by atoms with Gasteiger partial charge in [-0.25, -0.2) is 14.4 Å². The molecule has 2 saturated heterocycles. The zero-order valence-corrected chi connectivity index (χ0v) is 18.3. The molecule has 2 aliphatic heterocycles. The highest BCUT2D eigenvalue weighted by molar-refractivity contribution is 5.90. The molecule has 2 atom stereocenters. The molecule has 4 rings (SSSR count). The van der Waals surface area contributed by atoms with Gasteiger partial charge >= 0.3 is 0 Å². The van der Waals surface area contributed by atoms with E-state index in [1.54, 1.807) is 28.8 Å². The van der Waals surface area contributed by atoms with Crippen molar-refractivity contribution in [3.8, 4) is 11.1 Å². The minimum Gasteiger partial charge on any atom is -0.394 e. The van der Waals surface area contributed by atoms with Crippen LogP contribution in [-0.4, -0.2) is 67.8 Å². The third kappa shape index (κ3) is 4.07. The minimum absolute atomic E-state index is 0.0182. The number of carbonyl (C=O) groups is 1. The summed E-state index contributed by atoms with van der Waals surface area (Å²) in [4.78, 5) is 18.4. The number of fused-ring (bicyclic) bond motifs is 1. The van der Waals surface area contributed by atoms with Gasteiger partial charge in [0.25, 0.3) is 0 Å². The Morgan fingerprint density at radius 3 is 2.77 bits per heavy atom. The maximum Gasteiger partial charge on any atom is 0.219 e. The zero-order chi connectivity index (χ0) is 22.3. The first kappa shape index (κ1) is 21.5. The number of hydrogen-bond donors (Lipinski definition) is 2. The van der Waals surface area contributed by atoms with Gasteiger partial charge in [0.15, 0.2) is 0 Å². The van der Waals surface area contributed by atoms with Gasteiger partial charge in [-0.1, -0.05) is 6.07 Å². The number of aliphatic hydroxyl groups is 1. The van der Waals surface area contributed by atoms with Gasteiger partial charge in [-0.2, -0.15) is 5.10 Å². The number of aliphatic imine (C=N–C) groups is 1. The number of likely N-dealkylation sites (tertiary alicyclic amines) is 1. The lowest BCUT2D eigenvalue weighted by atomic mass is 9.90. The summed E-state index contributed by atoms with van der Waals surface area (Å²) in [6, 6.07) is 5.01. The van der Waals surface area contributed by atoms with Crippen molar-refractivity contribution in [3.63, 3.8) is 0 Å². The summed E-state index contributed by atoms with van der Waals surface area (Å²) in [5.74, 6) is 0.127. The summed E-state index contributed by atoms with van der Waals surface area (Å²) in [6.07, 6.45) is 4.27. The number of hydrogen-bond acceptors (Lipinski definition) is 5. The molecule has 0 spiro atoms. The first-order chi connectivity index (χ1) is 14.7. The fourth-order valence-electron chi connectivity index (χ4n) is 4.35. The second-order valence-electron chi connectivity index (χ2n) is 8.95. The summed E-state index contributed by atoms with van der Waals surface area (Å²) in [5, 5.41) is 16.0. The monoisotopic (exact) mass is 428 g/mol. The van der Waals surface area contributed by atoms with Gasteiger partial charge in [0, 0.05) is 44.9 Å². The highest BCUT2D eigenvalue weighted by Gasteiger charge is 2.48. The Kier molecular flexibility index (Phi) is 5.57. The Balaban J connectivity index is 1.67. The zero-order valence-electron chi connectivity index (χ0n) is 18.3. The fourth-order valence-corrected chi connectivity index (χ4v) is 4.35. The van der Waals surface area contributed by atoms with Gasteiger partial charge in [-0.3, -0.25) is 9.48 Å². The van der Waals surface area contributed by atoms with Crippen LogP contribution in [0.1, 0.15) is 27.2 Å². The number of piperidine rings is 1. The molecule has 166 valence electrons. The average Bonchev–Trinajstić information content (AvgIpc) is 3.33. The van der Waals surface area contributed by atoms with Crippen LogP contribution in [0.5, 0.6) is 0 Å². The van der Waals surface area contributed by atoms with Crippen molar-refractivity contribution in [2.24, 2.45) is 18.0 Å². The van der Waals surface area contributed by atoms with Crippen molar-refractivity contribution < 1.29 is 14.3 Å². The number of nitrogens with one attached hydrogen (secondary N) is 1. The second-order valence-corrected chi connectivity index (χ2v) is 8.95. The number of carbonyl (C=O) groups excluding carboxylic acids is 1. The van der Waals surface area contributed by atoms with Gasteiger partial charge in [0.2, 0.25) is 5.91 Å². The van der Waals surface area contributed by atoms with E-state index in [1.807, 2.05) is 38.2 Å². The Bertz CT molecular complexity index is 1020. The molecule has 0 saturated carbocycles. The molecular formula is C22H29FN6O2. The number of amidine groups is 1. The number of amides is 1. The maximum atomic E-state index is 14.9. The van der Waals surface area contributed by atoms with Crippen LogP contribution in [0.2, 0.25) is 0 Å². The molecule has 9 heteroatoms. The van der Waals surface area contributed by atoms with Crippen molar-refractivity contribution in [3.05, 3.63) is 36.4 Å². The van der Waals surface area contributed by atoms with E-state index < -0.39 is 11.4 Å². The number of aromatic nitrogens is 2. The normalized spacial score (nSPS) is 23.2. The Morgan fingerprint density at radius 2 is 2.16 bits per heavy atom. The van der Waals surface area contributed by atoms with Crippen LogP contribution in [0, 0.1) is 11.7 Å². The van der Waals surface area contributed by atoms with E-state index in [2.05, 4.69) is 15.5 Å². The molecule has 1 aromatic carbocycles. The van der Waals surface area contributed by atoms with E-state index >= 15 is 0 Å². The van der Waals surface area contributed by atoms with Crippen LogP contribution in [0.3, 0.4) is 0 Å². The molecule has 2 N–H and O–H groups in total. The van der Waals surface area contributed by atoms with E-state index in [0.717, 1.165) is 17.5 Å². The molecule has 0 bridgehead atoms. The summed E-state index contributed by atoms with van der Waals surface area (Å²) < 4.78 is 16.6. The predicted molar refractivity (Wildman–Crippen MR) is 116 cm³/mol. The molecule has 2 aliphatic rings. The number of benzene rings is 1. The predicted octanol–water partition coefficient (Wildman–Crippen LogP) is 2.08.